The average Bonchev–Trinajstić information content (AvgIpc) is 2.29. The zero-order valence-corrected chi connectivity index (χ0v) is 11.0. The molecule has 2 rings (SSSR count). The van der Waals surface area contributed by atoms with E-state index in [-0.39, 0.29) is 17.2 Å². The molecule has 4 heteroatoms. The number of hydrogen-bond acceptors (Lipinski definition) is 1. The molecule has 0 N–H and O–H groups in total. The number of halogens is 3. The highest BCUT2D eigenvalue weighted by molar-refractivity contribution is 5.65. The van der Waals surface area contributed by atoms with E-state index >= 15 is 0 Å². The minimum atomic E-state index is -0.801. The Bertz CT molecular complexity index is 598. The van der Waals surface area contributed by atoms with Gasteiger partial charge in [-0.3, -0.25) is 0 Å². The number of nitrogens with zero attached hydrogens (tertiary/aromatic N) is 1. The fraction of sp³-hybridized carbons (Fsp3) is 0.267. The van der Waals surface area contributed by atoms with Gasteiger partial charge in [0.2, 0.25) is 0 Å². The van der Waals surface area contributed by atoms with Gasteiger partial charge in [-0.1, -0.05) is 13.8 Å². The maximum atomic E-state index is 13.9. The van der Waals surface area contributed by atoms with Crippen LogP contribution in [0.5, 0.6) is 0 Å². The van der Waals surface area contributed by atoms with Crippen LogP contribution in [-0.4, -0.2) is 4.98 Å². The third-order valence-electron chi connectivity index (χ3n) is 2.95. The Balaban J connectivity index is 2.68. The Morgan fingerprint density at radius 3 is 2.26 bits per heavy atom. The zero-order chi connectivity index (χ0) is 14.2. The van der Waals surface area contributed by atoms with Crippen LogP contribution in [-0.2, 0) is 0 Å². The third-order valence-corrected chi connectivity index (χ3v) is 2.95. The molecule has 0 aliphatic rings. The molecule has 0 radical (unpaired) electrons. The van der Waals surface area contributed by atoms with Gasteiger partial charge in [-0.2, -0.15) is 0 Å². The lowest BCUT2D eigenvalue weighted by atomic mass is 10.0. The van der Waals surface area contributed by atoms with Gasteiger partial charge >= 0.3 is 0 Å². The summed E-state index contributed by atoms with van der Waals surface area (Å²) in [6, 6.07) is 4.74. The van der Waals surface area contributed by atoms with Gasteiger partial charge in [0, 0.05) is 17.3 Å². The Morgan fingerprint density at radius 1 is 1.00 bits per heavy atom. The highest BCUT2D eigenvalue weighted by Crippen LogP contribution is 2.29. The summed E-state index contributed by atoms with van der Waals surface area (Å²) in [6.07, 6.45) is 0. The number of pyridine rings is 1. The highest BCUT2D eigenvalue weighted by atomic mass is 19.1. The molecule has 100 valence electrons. The standard InChI is InChI=1S/C15H14F3N/c1-8(2)13-5-4-11(17)15(19-13)14-9(3)6-10(16)7-12(14)18/h4-8H,1-3H3. The third kappa shape index (κ3) is 2.62. The summed E-state index contributed by atoms with van der Waals surface area (Å²) in [6.45, 7) is 5.36. The van der Waals surface area contributed by atoms with Crippen LogP contribution in [0.2, 0.25) is 0 Å². The van der Waals surface area contributed by atoms with Crippen molar-refractivity contribution in [2.24, 2.45) is 0 Å². The molecule has 19 heavy (non-hydrogen) atoms. The summed E-state index contributed by atoms with van der Waals surface area (Å²) in [4.78, 5) is 4.16. The van der Waals surface area contributed by atoms with E-state index in [9.17, 15) is 13.2 Å². The summed E-state index contributed by atoms with van der Waals surface area (Å²) in [7, 11) is 0. The van der Waals surface area contributed by atoms with Gasteiger partial charge in [-0.05, 0) is 36.6 Å². The molecule has 1 aromatic carbocycles. The van der Waals surface area contributed by atoms with Crippen molar-refractivity contribution >= 4 is 0 Å². The first-order valence-corrected chi connectivity index (χ1v) is 6.02. The lowest BCUT2D eigenvalue weighted by molar-refractivity contribution is 0.579. The van der Waals surface area contributed by atoms with Crippen molar-refractivity contribution in [1.29, 1.82) is 0 Å². The van der Waals surface area contributed by atoms with Crippen molar-refractivity contribution < 1.29 is 13.2 Å². The molecule has 0 aliphatic carbocycles. The number of rotatable bonds is 2. The minimum absolute atomic E-state index is 0.0152. The van der Waals surface area contributed by atoms with E-state index in [1.807, 2.05) is 13.8 Å². The Morgan fingerprint density at radius 2 is 1.68 bits per heavy atom. The van der Waals surface area contributed by atoms with Crippen molar-refractivity contribution in [2.75, 3.05) is 0 Å². The predicted molar refractivity (Wildman–Crippen MR) is 68.4 cm³/mol. The molecule has 0 saturated carbocycles. The van der Waals surface area contributed by atoms with E-state index in [4.69, 9.17) is 0 Å². The molecule has 0 bridgehead atoms. The molecule has 0 saturated heterocycles. The van der Waals surface area contributed by atoms with E-state index in [0.29, 0.717) is 11.3 Å². The maximum Gasteiger partial charge on any atom is 0.149 e. The summed E-state index contributed by atoms with van der Waals surface area (Å²) in [5, 5.41) is 0. The van der Waals surface area contributed by atoms with Crippen molar-refractivity contribution in [3.63, 3.8) is 0 Å². The lowest BCUT2D eigenvalue weighted by Crippen LogP contribution is -2.01. The van der Waals surface area contributed by atoms with Crippen LogP contribution < -0.4 is 0 Å². The van der Waals surface area contributed by atoms with Crippen molar-refractivity contribution in [1.82, 2.24) is 4.98 Å². The molecule has 1 aromatic heterocycles. The topological polar surface area (TPSA) is 12.9 Å². The molecule has 1 heterocycles. The number of hydrogen-bond donors (Lipinski definition) is 0. The normalized spacial score (nSPS) is 11.1. The van der Waals surface area contributed by atoms with Crippen LogP contribution >= 0.6 is 0 Å². The first-order chi connectivity index (χ1) is 8.90. The Hall–Kier alpha value is -1.84. The molecule has 0 fully saturated rings. The fourth-order valence-corrected chi connectivity index (χ4v) is 1.96. The van der Waals surface area contributed by atoms with Gasteiger partial charge in [0.05, 0.1) is 0 Å². The van der Waals surface area contributed by atoms with Crippen LogP contribution in [0.3, 0.4) is 0 Å². The molecule has 0 aliphatic heterocycles. The summed E-state index contributed by atoms with van der Waals surface area (Å²) >= 11 is 0. The van der Waals surface area contributed by atoms with Crippen LogP contribution in [0.1, 0.15) is 31.0 Å². The first kappa shape index (κ1) is 13.6. The smallest absolute Gasteiger partial charge is 0.149 e. The summed E-state index contributed by atoms with van der Waals surface area (Å²) < 4.78 is 40.8. The van der Waals surface area contributed by atoms with E-state index < -0.39 is 17.5 Å². The number of aromatic nitrogens is 1. The van der Waals surface area contributed by atoms with Crippen molar-refractivity contribution in [2.45, 2.75) is 26.7 Å². The fourth-order valence-electron chi connectivity index (χ4n) is 1.96. The maximum absolute atomic E-state index is 13.9. The van der Waals surface area contributed by atoms with E-state index in [1.54, 1.807) is 6.07 Å². The second-order valence-corrected chi connectivity index (χ2v) is 4.80. The molecular formula is C15H14F3N. The quantitative estimate of drug-likeness (QED) is 0.773. The van der Waals surface area contributed by atoms with Gasteiger partial charge in [0.1, 0.15) is 23.1 Å². The van der Waals surface area contributed by atoms with Crippen LogP contribution in [0.15, 0.2) is 24.3 Å². The summed E-state index contributed by atoms with van der Waals surface area (Å²) in [5.74, 6) is -2.00. The largest absolute Gasteiger partial charge is 0.249 e. The van der Waals surface area contributed by atoms with Gasteiger partial charge in [0.15, 0.2) is 0 Å². The van der Waals surface area contributed by atoms with E-state index in [2.05, 4.69) is 4.98 Å². The van der Waals surface area contributed by atoms with Crippen LogP contribution in [0, 0.1) is 24.4 Å². The lowest BCUT2D eigenvalue weighted by Gasteiger charge is -2.11. The van der Waals surface area contributed by atoms with Gasteiger partial charge in [-0.15, -0.1) is 0 Å². The van der Waals surface area contributed by atoms with Crippen molar-refractivity contribution in [3.05, 3.63) is 53.0 Å². The predicted octanol–water partition coefficient (Wildman–Crippen LogP) is 4.60. The number of benzene rings is 1. The van der Waals surface area contributed by atoms with Crippen LogP contribution in [0.25, 0.3) is 11.3 Å². The second kappa shape index (κ2) is 5.03. The number of aryl methyl sites for hydroxylation is 1. The second-order valence-electron chi connectivity index (χ2n) is 4.80. The van der Waals surface area contributed by atoms with Gasteiger partial charge in [-0.25, -0.2) is 18.2 Å². The molecule has 2 aromatic rings. The molecule has 0 atom stereocenters. The highest BCUT2D eigenvalue weighted by Gasteiger charge is 2.17. The van der Waals surface area contributed by atoms with Gasteiger partial charge in [0.25, 0.3) is 0 Å². The van der Waals surface area contributed by atoms with E-state index in [0.717, 1.165) is 6.07 Å². The van der Waals surface area contributed by atoms with Gasteiger partial charge < -0.3 is 0 Å². The SMILES string of the molecule is Cc1cc(F)cc(F)c1-c1nc(C(C)C)ccc1F. The molecule has 0 spiro atoms. The average molecular weight is 265 g/mol. The molecular weight excluding hydrogens is 251 g/mol. The van der Waals surface area contributed by atoms with E-state index in [1.165, 1.54) is 19.1 Å². The molecule has 0 unspecified atom stereocenters. The minimum Gasteiger partial charge on any atom is -0.249 e. The molecule has 0 amide bonds. The van der Waals surface area contributed by atoms with Crippen molar-refractivity contribution in [3.8, 4) is 11.3 Å². The summed E-state index contributed by atoms with van der Waals surface area (Å²) in [5.41, 5.74) is 0.937. The Labute approximate surface area is 110 Å². The molecule has 1 nitrogen and oxygen atoms in total. The zero-order valence-electron chi connectivity index (χ0n) is 11.0. The first-order valence-electron chi connectivity index (χ1n) is 6.02. The van der Waals surface area contributed by atoms with Crippen LogP contribution in [0.4, 0.5) is 13.2 Å². The Kier molecular flexibility index (Phi) is 3.60. The monoisotopic (exact) mass is 265 g/mol.